The number of hydrogen-bond acceptors (Lipinski definition) is 4. The van der Waals surface area contributed by atoms with Crippen LogP contribution in [-0.2, 0) is 0 Å². The summed E-state index contributed by atoms with van der Waals surface area (Å²) < 4.78 is 15.1. The lowest BCUT2D eigenvalue weighted by Crippen LogP contribution is -2.45. The summed E-state index contributed by atoms with van der Waals surface area (Å²) in [7, 11) is 0. The second-order valence-electron chi connectivity index (χ2n) is 6.36. The smallest absolute Gasteiger partial charge is 0.291 e. The summed E-state index contributed by atoms with van der Waals surface area (Å²) in [5.41, 5.74) is 0.560. The maximum Gasteiger partial charge on any atom is 0.291 e. The summed E-state index contributed by atoms with van der Waals surface area (Å²) in [6.45, 7) is 5.67. The minimum absolute atomic E-state index is 0.0543. The molecule has 0 unspecified atom stereocenters. The average molecular weight is 331 g/mol. The number of halogens is 1. The van der Waals surface area contributed by atoms with E-state index in [9.17, 15) is 9.18 Å². The van der Waals surface area contributed by atoms with E-state index in [4.69, 9.17) is 0 Å². The van der Waals surface area contributed by atoms with Gasteiger partial charge in [0.05, 0.1) is 5.69 Å². The molecule has 6 nitrogen and oxygen atoms in total. The third-order valence-electron chi connectivity index (χ3n) is 4.04. The Morgan fingerprint density at radius 1 is 1.46 bits per heavy atom. The Labute approximate surface area is 140 Å². The lowest BCUT2D eigenvalue weighted by molar-refractivity contribution is 0.0920. The Kier molecular flexibility index (Phi) is 4.89. The quantitative estimate of drug-likeness (QED) is 0.899. The zero-order chi connectivity index (χ0) is 17.1. The molecule has 1 saturated heterocycles. The first-order valence-electron chi connectivity index (χ1n) is 8.29. The van der Waals surface area contributed by atoms with E-state index in [-0.39, 0.29) is 29.5 Å². The van der Waals surface area contributed by atoms with Gasteiger partial charge in [-0.1, -0.05) is 19.9 Å². The molecule has 128 valence electrons. The summed E-state index contributed by atoms with van der Waals surface area (Å²) in [5.74, 6) is 0.164. The van der Waals surface area contributed by atoms with Crippen molar-refractivity contribution >= 4 is 5.91 Å². The molecule has 1 aromatic heterocycles. The summed E-state index contributed by atoms with van der Waals surface area (Å²) >= 11 is 0. The highest BCUT2D eigenvalue weighted by Gasteiger charge is 2.22. The van der Waals surface area contributed by atoms with Crippen LogP contribution in [0.1, 0.15) is 49.1 Å². The van der Waals surface area contributed by atoms with Crippen LogP contribution in [0.25, 0.3) is 5.69 Å². The molecule has 1 aliphatic rings. The number of nitrogens with one attached hydrogen (secondary N) is 2. The second kappa shape index (κ2) is 7.09. The van der Waals surface area contributed by atoms with Gasteiger partial charge in [0.2, 0.25) is 5.82 Å². The van der Waals surface area contributed by atoms with E-state index >= 15 is 0 Å². The molecule has 1 aromatic carbocycles. The standard InChI is InChI=1S/C17H22FN5O/c1-11(2)16-21-15(17(24)20-13-6-4-8-19-10-13)22-23(16)14-7-3-5-12(18)9-14/h3,5,7,9,11,13,19H,4,6,8,10H2,1-2H3,(H,20,24)/t13-/m0/s1. The highest BCUT2D eigenvalue weighted by molar-refractivity contribution is 5.90. The number of rotatable bonds is 4. The SMILES string of the molecule is CC(C)c1nc(C(=O)N[C@H]2CCCNC2)nn1-c1cccc(F)c1. The number of nitrogens with zero attached hydrogens (tertiary/aromatic N) is 3. The first-order chi connectivity index (χ1) is 11.5. The lowest BCUT2D eigenvalue weighted by atomic mass is 10.1. The summed E-state index contributed by atoms with van der Waals surface area (Å²) in [6.07, 6.45) is 1.98. The zero-order valence-corrected chi connectivity index (χ0v) is 13.9. The molecule has 0 bridgehead atoms. The highest BCUT2D eigenvalue weighted by Crippen LogP contribution is 2.18. The van der Waals surface area contributed by atoms with Gasteiger partial charge in [-0.05, 0) is 37.6 Å². The molecular weight excluding hydrogens is 309 g/mol. The average Bonchev–Trinajstić information content (AvgIpc) is 3.01. The molecule has 1 atom stereocenters. The van der Waals surface area contributed by atoms with E-state index in [2.05, 4.69) is 20.7 Å². The third kappa shape index (κ3) is 3.62. The molecule has 1 fully saturated rings. The first-order valence-corrected chi connectivity index (χ1v) is 8.29. The monoisotopic (exact) mass is 331 g/mol. The van der Waals surface area contributed by atoms with Gasteiger partial charge in [0.25, 0.3) is 5.91 Å². The Hall–Kier alpha value is -2.28. The highest BCUT2D eigenvalue weighted by atomic mass is 19.1. The fraction of sp³-hybridized carbons (Fsp3) is 0.471. The van der Waals surface area contributed by atoms with Gasteiger partial charge < -0.3 is 10.6 Å². The number of piperidine rings is 1. The zero-order valence-electron chi connectivity index (χ0n) is 13.9. The van der Waals surface area contributed by atoms with E-state index in [1.165, 1.54) is 12.1 Å². The van der Waals surface area contributed by atoms with Gasteiger partial charge in [0.15, 0.2) is 0 Å². The van der Waals surface area contributed by atoms with Gasteiger partial charge in [0, 0.05) is 18.5 Å². The van der Waals surface area contributed by atoms with Crippen LogP contribution in [0.15, 0.2) is 24.3 Å². The fourth-order valence-corrected chi connectivity index (χ4v) is 2.82. The molecule has 24 heavy (non-hydrogen) atoms. The van der Waals surface area contributed by atoms with Gasteiger partial charge in [0.1, 0.15) is 11.6 Å². The van der Waals surface area contributed by atoms with Crippen LogP contribution in [0.4, 0.5) is 4.39 Å². The van der Waals surface area contributed by atoms with Crippen molar-refractivity contribution in [1.82, 2.24) is 25.4 Å². The van der Waals surface area contributed by atoms with Crippen LogP contribution in [-0.4, -0.2) is 39.8 Å². The van der Waals surface area contributed by atoms with E-state index in [1.807, 2.05) is 13.8 Å². The van der Waals surface area contributed by atoms with Gasteiger partial charge in [-0.15, -0.1) is 5.10 Å². The number of hydrogen-bond donors (Lipinski definition) is 2. The Morgan fingerprint density at radius 2 is 2.29 bits per heavy atom. The first kappa shape index (κ1) is 16.6. The van der Waals surface area contributed by atoms with Gasteiger partial charge in [-0.2, -0.15) is 0 Å². The normalized spacial score (nSPS) is 17.9. The summed E-state index contributed by atoms with van der Waals surface area (Å²) in [4.78, 5) is 16.8. The largest absolute Gasteiger partial charge is 0.345 e. The third-order valence-corrected chi connectivity index (χ3v) is 4.04. The fourth-order valence-electron chi connectivity index (χ4n) is 2.82. The van der Waals surface area contributed by atoms with Crippen LogP contribution < -0.4 is 10.6 Å². The van der Waals surface area contributed by atoms with Crippen molar-refractivity contribution in [1.29, 1.82) is 0 Å². The van der Waals surface area contributed by atoms with Crippen molar-refractivity contribution in [2.45, 2.75) is 38.6 Å². The van der Waals surface area contributed by atoms with Crippen molar-refractivity contribution in [3.8, 4) is 5.69 Å². The molecule has 2 aromatic rings. The molecule has 0 aliphatic carbocycles. The molecule has 0 saturated carbocycles. The van der Waals surface area contributed by atoms with Crippen LogP contribution in [0.2, 0.25) is 0 Å². The van der Waals surface area contributed by atoms with Crippen LogP contribution in [0.3, 0.4) is 0 Å². The van der Waals surface area contributed by atoms with Crippen molar-refractivity contribution in [3.05, 3.63) is 41.7 Å². The Balaban J connectivity index is 1.86. The molecule has 1 aliphatic heterocycles. The van der Waals surface area contributed by atoms with Gasteiger partial charge in [-0.25, -0.2) is 14.1 Å². The number of benzene rings is 1. The van der Waals surface area contributed by atoms with Crippen LogP contribution in [0.5, 0.6) is 0 Å². The van der Waals surface area contributed by atoms with E-state index in [0.29, 0.717) is 11.5 Å². The van der Waals surface area contributed by atoms with E-state index in [0.717, 1.165) is 25.9 Å². The van der Waals surface area contributed by atoms with E-state index < -0.39 is 0 Å². The maximum atomic E-state index is 13.5. The number of carbonyl (C=O) groups excluding carboxylic acids is 1. The second-order valence-corrected chi connectivity index (χ2v) is 6.36. The maximum absolute atomic E-state index is 13.5. The Bertz CT molecular complexity index is 722. The number of carbonyl (C=O) groups is 1. The molecule has 0 radical (unpaired) electrons. The molecule has 3 rings (SSSR count). The molecule has 0 spiro atoms. The topological polar surface area (TPSA) is 71.8 Å². The van der Waals surface area contributed by atoms with E-state index in [1.54, 1.807) is 16.8 Å². The minimum Gasteiger partial charge on any atom is -0.345 e. The molecule has 1 amide bonds. The predicted molar refractivity (Wildman–Crippen MR) is 88.8 cm³/mol. The molecule has 2 N–H and O–H groups in total. The van der Waals surface area contributed by atoms with Gasteiger partial charge in [-0.3, -0.25) is 4.79 Å². The van der Waals surface area contributed by atoms with Crippen molar-refractivity contribution in [2.24, 2.45) is 0 Å². The van der Waals surface area contributed by atoms with Crippen molar-refractivity contribution in [2.75, 3.05) is 13.1 Å². The molecular formula is C17H22FN5O. The minimum atomic E-state index is -0.350. The lowest BCUT2D eigenvalue weighted by Gasteiger charge is -2.23. The van der Waals surface area contributed by atoms with Crippen molar-refractivity contribution < 1.29 is 9.18 Å². The predicted octanol–water partition coefficient (Wildman–Crippen LogP) is 2.01. The number of amides is 1. The molecule has 2 heterocycles. The number of aromatic nitrogens is 3. The Morgan fingerprint density at radius 3 is 2.96 bits per heavy atom. The van der Waals surface area contributed by atoms with Gasteiger partial charge >= 0.3 is 0 Å². The van der Waals surface area contributed by atoms with Crippen molar-refractivity contribution in [3.63, 3.8) is 0 Å². The molecule has 7 heteroatoms. The summed E-state index contributed by atoms with van der Waals surface area (Å²) in [5, 5.41) is 10.5. The van der Waals surface area contributed by atoms with Crippen LogP contribution in [0, 0.1) is 5.82 Å². The van der Waals surface area contributed by atoms with Crippen LogP contribution >= 0.6 is 0 Å². The summed E-state index contributed by atoms with van der Waals surface area (Å²) in [6, 6.07) is 6.21.